The van der Waals surface area contributed by atoms with Gasteiger partial charge in [0.1, 0.15) is 6.61 Å². The van der Waals surface area contributed by atoms with Crippen molar-refractivity contribution in [2.45, 2.75) is 33.6 Å². The third kappa shape index (κ3) is 9.59. The molecule has 0 saturated heterocycles. The first kappa shape index (κ1) is 13.5. The average molecular weight is 217 g/mol. The van der Waals surface area contributed by atoms with Crippen LogP contribution in [-0.2, 0) is 9.09 Å². The average Bonchev–Trinajstić information content (AvgIpc) is 2.02. The molecule has 1 unspecified atom stereocenters. The van der Waals surface area contributed by atoms with E-state index in [0.29, 0.717) is 0 Å². The van der Waals surface area contributed by atoms with Crippen molar-refractivity contribution in [1.82, 2.24) is 0 Å². The molecule has 0 heterocycles. The molecule has 0 radical (unpaired) electrons. The van der Waals surface area contributed by atoms with Gasteiger partial charge in [0.15, 0.2) is 0 Å². The summed E-state index contributed by atoms with van der Waals surface area (Å²) in [6.45, 7) is 6.34. The highest BCUT2D eigenvalue weighted by atomic mass is 31.1. The summed E-state index contributed by atoms with van der Waals surface area (Å²) in [5.41, 5.74) is 2.49. The van der Waals surface area contributed by atoms with Gasteiger partial charge in [-0.1, -0.05) is 23.3 Å². The molecular formula is C10H18O3P+. The first-order chi connectivity index (χ1) is 6.52. The zero-order chi connectivity index (χ0) is 11.0. The maximum absolute atomic E-state index is 10.2. The molecule has 0 aliphatic heterocycles. The molecule has 0 amide bonds. The second kappa shape index (κ2) is 7.86. The minimum atomic E-state index is -2.46. The third-order valence-corrected chi connectivity index (χ3v) is 2.08. The molecule has 4 heteroatoms. The number of hydrogen-bond donors (Lipinski definition) is 1. The van der Waals surface area contributed by atoms with E-state index in [1.165, 1.54) is 11.1 Å². The van der Waals surface area contributed by atoms with Crippen LogP contribution in [0.2, 0.25) is 0 Å². The van der Waals surface area contributed by atoms with E-state index in [0.717, 1.165) is 12.8 Å². The van der Waals surface area contributed by atoms with Gasteiger partial charge in [-0.2, -0.15) is 0 Å². The summed E-state index contributed by atoms with van der Waals surface area (Å²) in [6.07, 6.45) is 5.99. The van der Waals surface area contributed by atoms with E-state index in [1.54, 1.807) is 0 Å². The molecule has 0 aliphatic carbocycles. The zero-order valence-corrected chi connectivity index (χ0v) is 9.88. The van der Waals surface area contributed by atoms with Crippen LogP contribution in [0.15, 0.2) is 23.3 Å². The van der Waals surface area contributed by atoms with Gasteiger partial charge in [-0.05, 0) is 33.6 Å². The van der Waals surface area contributed by atoms with Gasteiger partial charge in [0.2, 0.25) is 0 Å². The molecule has 0 spiro atoms. The minimum absolute atomic E-state index is 0.215. The van der Waals surface area contributed by atoms with Crippen LogP contribution in [0.25, 0.3) is 0 Å². The molecule has 1 atom stereocenters. The van der Waals surface area contributed by atoms with Crippen LogP contribution < -0.4 is 0 Å². The predicted molar refractivity (Wildman–Crippen MR) is 58.2 cm³/mol. The second-order valence-electron chi connectivity index (χ2n) is 3.40. The van der Waals surface area contributed by atoms with Crippen LogP contribution in [0.3, 0.4) is 0 Å². The number of rotatable bonds is 6. The van der Waals surface area contributed by atoms with Crippen LogP contribution in [0.4, 0.5) is 0 Å². The largest absolute Gasteiger partial charge is 0.695 e. The lowest BCUT2D eigenvalue weighted by atomic mass is 10.1. The highest BCUT2D eigenvalue weighted by molar-refractivity contribution is 7.32. The first-order valence-electron chi connectivity index (χ1n) is 4.60. The fourth-order valence-corrected chi connectivity index (χ4v) is 1.14. The monoisotopic (exact) mass is 217 g/mol. The molecule has 0 aliphatic rings. The van der Waals surface area contributed by atoms with Gasteiger partial charge < -0.3 is 0 Å². The standard InChI is InChI=1S/C10H17O3P/c1-9(2)5-4-6-10(3)7-8-13-14(11)12/h5,7H,4,6,8H2,1-3H3/p+1/b10-7+. The Balaban J connectivity index is 3.67. The summed E-state index contributed by atoms with van der Waals surface area (Å²) < 4.78 is 14.7. The van der Waals surface area contributed by atoms with E-state index >= 15 is 0 Å². The van der Waals surface area contributed by atoms with E-state index in [1.807, 2.05) is 13.0 Å². The van der Waals surface area contributed by atoms with E-state index in [-0.39, 0.29) is 6.61 Å². The Labute approximate surface area is 86.4 Å². The van der Waals surface area contributed by atoms with E-state index in [2.05, 4.69) is 24.4 Å². The Kier molecular flexibility index (Phi) is 7.58. The molecule has 0 aromatic carbocycles. The molecule has 3 nitrogen and oxygen atoms in total. The van der Waals surface area contributed by atoms with Gasteiger partial charge in [-0.15, -0.1) is 9.42 Å². The number of hydrogen-bond acceptors (Lipinski definition) is 2. The molecule has 0 aromatic rings. The lowest BCUT2D eigenvalue weighted by Crippen LogP contribution is -1.84. The molecule has 0 saturated carbocycles. The molecule has 80 valence electrons. The van der Waals surface area contributed by atoms with Gasteiger partial charge in [0, 0.05) is 4.57 Å². The Morgan fingerprint density at radius 2 is 2.00 bits per heavy atom. The highest BCUT2D eigenvalue weighted by Gasteiger charge is 2.08. The van der Waals surface area contributed by atoms with E-state index in [4.69, 9.17) is 4.89 Å². The van der Waals surface area contributed by atoms with Gasteiger partial charge >= 0.3 is 8.25 Å². The predicted octanol–water partition coefficient (Wildman–Crippen LogP) is 3.35. The minimum Gasteiger partial charge on any atom is -0.133 e. The van der Waals surface area contributed by atoms with Crippen molar-refractivity contribution in [2.24, 2.45) is 0 Å². The lowest BCUT2D eigenvalue weighted by molar-refractivity contribution is 0.312. The number of allylic oxidation sites excluding steroid dienone is 3. The Bertz CT molecular complexity index is 240. The highest BCUT2D eigenvalue weighted by Crippen LogP contribution is 2.14. The molecule has 0 fully saturated rings. The van der Waals surface area contributed by atoms with Crippen molar-refractivity contribution < 1.29 is 14.0 Å². The normalized spacial score (nSPS) is 12.6. The van der Waals surface area contributed by atoms with Crippen molar-refractivity contribution in [3.05, 3.63) is 23.3 Å². The summed E-state index contributed by atoms with van der Waals surface area (Å²) in [5, 5.41) is 0. The molecule has 0 rings (SSSR count). The third-order valence-electron chi connectivity index (χ3n) is 1.71. The van der Waals surface area contributed by atoms with Crippen molar-refractivity contribution >= 4 is 8.25 Å². The SMILES string of the molecule is CC(C)=CCC/C(C)=C/CO[P+](=O)O. The Hall–Kier alpha value is -0.500. The second-order valence-corrected chi connectivity index (χ2v) is 4.14. The van der Waals surface area contributed by atoms with Crippen molar-refractivity contribution in [2.75, 3.05) is 6.61 Å². The topological polar surface area (TPSA) is 46.5 Å². The summed E-state index contributed by atoms with van der Waals surface area (Å²) >= 11 is 0. The Morgan fingerprint density at radius 3 is 2.50 bits per heavy atom. The summed E-state index contributed by atoms with van der Waals surface area (Å²) in [4.78, 5) is 8.36. The first-order valence-corrected chi connectivity index (χ1v) is 5.73. The van der Waals surface area contributed by atoms with Crippen molar-refractivity contribution in [3.63, 3.8) is 0 Å². The van der Waals surface area contributed by atoms with Gasteiger partial charge in [-0.3, -0.25) is 0 Å². The van der Waals surface area contributed by atoms with E-state index < -0.39 is 8.25 Å². The van der Waals surface area contributed by atoms with Crippen molar-refractivity contribution in [1.29, 1.82) is 0 Å². The fraction of sp³-hybridized carbons (Fsp3) is 0.600. The summed E-state index contributed by atoms with van der Waals surface area (Å²) in [7, 11) is -2.46. The summed E-state index contributed by atoms with van der Waals surface area (Å²) in [5.74, 6) is 0. The molecule has 1 N–H and O–H groups in total. The molecule has 14 heavy (non-hydrogen) atoms. The van der Waals surface area contributed by atoms with Crippen LogP contribution >= 0.6 is 8.25 Å². The van der Waals surface area contributed by atoms with Gasteiger partial charge in [0.05, 0.1) is 0 Å². The molecule has 0 bridgehead atoms. The summed E-state index contributed by atoms with van der Waals surface area (Å²) in [6, 6.07) is 0. The lowest BCUT2D eigenvalue weighted by Gasteiger charge is -1.96. The van der Waals surface area contributed by atoms with Gasteiger partial charge in [-0.25, -0.2) is 0 Å². The van der Waals surface area contributed by atoms with Crippen LogP contribution in [0, 0.1) is 0 Å². The fourth-order valence-electron chi connectivity index (χ4n) is 0.934. The van der Waals surface area contributed by atoms with Crippen LogP contribution in [-0.4, -0.2) is 11.5 Å². The van der Waals surface area contributed by atoms with Crippen LogP contribution in [0.5, 0.6) is 0 Å². The maximum atomic E-state index is 10.2. The van der Waals surface area contributed by atoms with Crippen LogP contribution in [0.1, 0.15) is 33.6 Å². The van der Waals surface area contributed by atoms with Gasteiger partial charge in [0.25, 0.3) is 0 Å². The Morgan fingerprint density at radius 1 is 1.36 bits per heavy atom. The van der Waals surface area contributed by atoms with Crippen molar-refractivity contribution in [3.8, 4) is 0 Å². The molecular weight excluding hydrogens is 199 g/mol. The zero-order valence-electron chi connectivity index (χ0n) is 8.99. The molecule has 0 aromatic heterocycles. The maximum Gasteiger partial charge on any atom is 0.695 e. The van der Waals surface area contributed by atoms with E-state index in [9.17, 15) is 4.57 Å². The quantitative estimate of drug-likeness (QED) is 0.548. The smallest absolute Gasteiger partial charge is 0.133 e.